The van der Waals surface area contributed by atoms with Gasteiger partial charge < -0.3 is 14.6 Å². The Labute approximate surface area is 211 Å². The van der Waals surface area contributed by atoms with E-state index in [9.17, 15) is 4.79 Å². The Hall–Kier alpha value is -2.61. The molecule has 186 valence electrons. The van der Waals surface area contributed by atoms with E-state index in [1.54, 1.807) is 18.9 Å². The zero-order valence-corrected chi connectivity index (χ0v) is 21.1. The third kappa shape index (κ3) is 6.97. The zero-order chi connectivity index (χ0) is 24.5. The number of carboxylic acids is 1. The lowest BCUT2D eigenvalue weighted by Gasteiger charge is -2.28. The highest BCUT2D eigenvalue weighted by Gasteiger charge is 2.26. The number of hydrogen-bond acceptors (Lipinski definition) is 5. The average Bonchev–Trinajstić information content (AvgIpc) is 3.24. The van der Waals surface area contributed by atoms with Crippen LogP contribution in [0.15, 0.2) is 65.7 Å². The number of nitrogens with zero attached hydrogens (tertiary/aromatic N) is 2. The Kier molecular flexibility index (Phi) is 9.40. The lowest BCUT2D eigenvalue weighted by Crippen LogP contribution is -2.23. The Morgan fingerprint density at radius 2 is 1.63 bits per heavy atom. The average molecular weight is 495 g/mol. The number of aromatic nitrogens is 2. The van der Waals surface area contributed by atoms with E-state index in [2.05, 4.69) is 53.2 Å². The molecular formula is C28H34N2O4S. The van der Waals surface area contributed by atoms with Crippen molar-refractivity contribution >= 4 is 17.7 Å². The summed E-state index contributed by atoms with van der Waals surface area (Å²) in [6.45, 7) is 1.88. The van der Waals surface area contributed by atoms with Crippen LogP contribution in [0.3, 0.4) is 0 Å². The van der Waals surface area contributed by atoms with Crippen molar-refractivity contribution in [3.8, 4) is 22.4 Å². The molecule has 35 heavy (non-hydrogen) atoms. The summed E-state index contributed by atoms with van der Waals surface area (Å²) < 4.78 is 12.9. The number of hydrogen-bond donors (Lipinski definition) is 1. The Morgan fingerprint density at radius 1 is 1.00 bits per heavy atom. The fourth-order valence-electron chi connectivity index (χ4n) is 4.79. The van der Waals surface area contributed by atoms with E-state index in [4.69, 9.17) is 19.7 Å². The van der Waals surface area contributed by atoms with Crippen LogP contribution in [-0.4, -0.2) is 53.5 Å². The largest absolute Gasteiger partial charge is 0.480 e. The summed E-state index contributed by atoms with van der Waals surface area (Å²) >= 11 is 1.75. The van der Waals surface area contributed by atoms with Crippen molar-refractivity contribution in [2.75, 3.05) is 32.7 Å². The van der Waals surface area contributed by atoms with Crippen LogP contribution in [0.4, 0.5) is 0 Å². The van der Waals surface area contributed by atoms with E-state index in [-0.39, 0.29) is 6.61 Å². The summed E-state index contributed by atoms with van der Waals surface area (Å²) in [5.74, 6) is 0.924. The fourth-order valence-corrected chi connectivity index (χ4v) is 5.75. The molecule has 1 N–H and O–H groups in total. The van der Waals surface area contributed by atoms with Crippen LogP contribution >= 0.6 is 11.8 Å². The highest BCUT2D eigenvalue weighted by molar-refractivity contribution is 7.99. The number of rotatable bonds is 12. The third-order valence-corrected chi connectivity index (χ3v) is 7.46. The fraction of sp³-hybridized carbons (Fsp3) is 0.429. The molecule has 1 aliphatic rings. The minimum absolute atomic E-state index is 0.209. The molecule has 4 rings (SSSR count). The van der Waals surface area contributed by atoms with E-state index in [1.165, 1.54) is 22.4 Å². The first kappa shape index (κ1) is 25.5. The molecule has 1 aliphatic carbocycles. The molecule has 0 atom stereocenters. The Balaban J connectivity index is 1.58. The van der Waals surface area contributed by atoms with Crippen LogP contribution < -0.4 is 0 Å². The molecule has 0 radical (unpaired) electrons. The van der Waals surface area contributed by atoms with Gasteiger partial charge in [-0.05, 0) is 43.1 Å². The Morgan fingerprint density at radius 3 is 2.26 bits per heavy atom. The topological polar surface area (TPSA) is 73.6 Å². The van der Waals surface area contributed by atoms with Gasteiger partial charge in [0.2, 0.25) is 0 Å². The van der Waals surface area contributed by atoms with Crippen molar-refractivity contribution in [1.82, 2.24) is 9.78 Å². The molecule has 0 saturated heterocycles. The SMILES string of the molecule is COCCSc1nn(C[C@H]2CC[C@H](COCC(=O)O)CC2)c(-c2ccccc2)c1-c1ccccc1. The van der Waals surface area contributed by atoms with Gasteiger partial charge in [0.05, 0.1) is 18.9 Å². The monoisotopic (exact) mass is 494 g/mol. The minimum atomic E-state index is -0.904. The number of thioether (sulfide) groups is 1. The van der Waals surface area contributed by atoms with Crippen LogP contribution in [0.25, 0.3) is 22.4 Å². The summed E-state index contributed by atoms with van der Waals surface area (Å²) in [4.78, 5) is 10.7. The first-order chi connectivity index (χ1) is 17.2. The first-order valence-electron chi connectivity index (χ1n) is 12.3. The summed E-state index contributed by atoms with van der Waals surface area (Å²) in [6.07, 6.45) is 4.32. The number of carbonyl (C=O) groups is 1. The van der Waals surface area contributed by atoms with Crippen molar-refractivity contribution in [2.45, 2.75) is 37.3 Å². The van der Waals surface area contributed by atoms with Gasteiger partial charge in [0.25, 0.3) is 0 Å². The quantitative estimate of drug-likeness (QED) is 0.251. The van der Waals surface area contributed by atoms with Crippen molar-refractivity contribution in [3.05, 3.63) is 60.7 Å². The molecule has 1 fully saturated rings. The summed E-state index contributed by atoms with van der Waals surface area (Å²) in [6, 6.07) is 21.1. The normalized spacial score (nSPS) is 18.0. The second-order valence-electron chi connectivity index (χ2n) is 9.08. The van der Waals surface area contributed by atoms with Gasteiger partial charge in [-0.1, -0.05) is 60.7 Å². The second-order valence-corrected chi connectivity index (χ2v) is 10.2. The van der Waals surface area contributed by atoms with Crippen molar-refractivity contribution in [2.24, 2.45) is 11.8 Å². The number of benzene rings is 2. The summed E-state index contributed by atoms with van der Waals surface area (Å²) in [7, 11) is 1.73. The van der Waals surface area contributed by atoms with Gasteiger partial charge >= 0.3 is 5.97 Å². The minimum Gasteiger partial charge on any atom is -0.480 e. The number of carboxylic acid groups (broad SMARTS) is 1. The van der Waals surface area contributed by atoms with E-state index in [0.717, 1.165) is 43.0 Å². The zero-order valence-electron chi connectivity index (χ0n) is 20.3. The van der Waals surface area contributed by atoms with Crippen molar-refractivity contribution in [1.29, 1.82) is 0 Å². The van der Waals surface area contributed by atoms with Gasteiger partial charge in [0, 0.05) is 30.5 Å². The maximum atomic E-state index is 10.7. The molecule has 0 spiro atoms. The molecule has 2 aromatic carbocycles. The van der Waals surface area contributed by atoms with E-state index in [0.29, 0.717) is 25.0 Å². The number of aliphatic carboxylic acids is 1. The molecule has 0 unspecified atom stereocenters. The summed E-state index contributed by atoms with van der Waals surface area (Å²) in [5, 5.41) is 15.0. The summed E-state index contributed by atoms with van der Waals surface area (Å²) in [5.41, 5.74) is 4.71. The van der Waals surface area contributed by atoms with Crippen molar-refractivity contribution in [3.63, 3.8) is 0 Å². The van der Waals surface area contributed by atoms with Gasteiger partial charge in [-0.3, -0.25) is 4.68 Å². The van der Waals surface area contributed by atoms with Gasteiger partial charge in [-0.2, -0.15) is 5.10 Å². The highest BCUT2D eigenvalue weighted by atomic mass is 32.2. The predicted molar refractivity (Wildman–Crippen MR) is 140 cm³/mol. The van der Waals surface area contributed by atoms with Crippen LogP contribution in [0.1, 0.15) is 25.7 Å². The van der Waals surface area contributed by atoms with Crippen LogP contribution in [0.2, 0.25) is 0 Å². The van der Waals surface area contributed by atoms with Gasteiger partial charge in [-0.15, -0.1) is 11.8 Å². The molecule has 1 heterocycles. The molecule has 3 aromatic rings. The van der Waals surface area contributed by atoms with E-state index in [1.807, 2.05) is 12.1 Å². The van der Waals surface area contributed by atoms with Crippen LogP contribution in [0, 0.1) is 11.8 Å². The molecule has 0 bridgehead atoms. The van der Waals surface area contributed by atoms with Gasteiger partial charge in [-0.25, -0.2) is 4.79 Å². The standard InChI is InChI=1S/C28H34N2O4S/c1-33-16-17-35-28-26(23-8-4-2-5-9-23)27(24-10-6-3-7-11-24)30(29-28)18-21-12-14-22(15-13-21)19-34-20-25(31)32/h2-11,21-22H,12-20H2,1H3,(H,31,32)/t21-,22-. The second kappa shape index (κ2) is 12.9. The first-order valence-corrected chi connectivity index (χ1v) is 13.3. The van der Waals surface area contributed by atoms with E-state index >= 15 is 0 Å². The van der Waals surface area contributed by atoms with Crippen LogP contribution in [0.5, 0.6) is 0 Å². The van der Waals surface area contributed by atoms with Crippen LogP contribution in [-0.2, 0) is 20.8 Å². The molecule has 1 saturated carbocycles. The maximum absolute atomic E-state index is 10.7. The number of methoxy groups -OCH3 is 1. The molecule has 1 aromatic heterocycles. The van der Waals surface area contributed by atoms with Gasteiger partial charge in [0.1, 0.15) is 11.6 Å². The predicted octanol–water partition coefficient (Wildman–Crippen LogP) is 5.86. The lowest BCUT2D eigenvalue weighted by molar-refractivity contribution is -0.142. The maximum Gasteiger partial charge on any atom is 0.329 e. The molecule has 6 nitrogen and oxygen atoms in total. The third-order valence-electron chi connectivity index (χ3n) is 6.53. The smallest absolute Gasteiger partial charge is 0.329 e. The lowest BCUT2D eigenvalue weighted by atomic mass is 9.82. The number of ether oxygens (including phenoxy) is 2. The van der Waals surface area contributed by atoms with Gasteiger partial charge in [0.15, 0.2) is 0 Å². The highest BCUT2D eigenvalue weighted by Crippen LogP contribution is 2.41. The van der Waals surface area contributed by atoms with E-state index < -0.39 is 5.97 Å². The molecule has 7 heteroatoms. The molecular weight excluding hydrogens is 460 g/mol. The molecule has 0 aliphatic heterocycles. The molecule has 0 amide bonds. The Bertz CT molecular complexity index is 1060. The van der Waals surface area contributed by atoms with Crippen molar-refractivity contribution < 1.29 is 19.4 Å².